The number of amides is 2. The maximum Gasteiger partial charge on any atom is 0.340 e. The predicted molar refractivity (Wildman–Crippen MR) is 93.0 cm³/mol. The Labute approximate surface area is 151 Å². The highest BCUT2D eigenvalue weighted by Crippen LogP contribution is 2.34. The maximum atomic E-state index is 14.1. The first-order valence-electron chi connectivity index (χ1n) is 9.16. The molecule has 142 valence electrons. The molecule has 26 heavy (non-hydrogen) atoms. The van der Waals surface area contributed by atoms with Gasteiger partial charge in [-0.1, -0.05) is 19.3 Å². The minimum absolute atomic E-state index is 0.166. The fourth-order valence-electron chi connectivity index (χ4n) is 4.15. The van der Waals surface area contributed by atoms with Crippen molar-refractivity contribution in [1.29, 1.82) is 0 Å². The van der Waals surface area contributed by atoms with Gasteiger partial charge in [0, 0.05) is 18.7 Å². The molecule has 0 aromatic heterocycles. The largest absolute Gasteiger partial charge is 0.465 e. The van der Waals surface area contributed by atoms with E-state index in [0.717, 1.165) is 38.9 Å². The molecule has 1 N–H and O–H groups in total. The summed E-state index contributed by atoms with van der Waals surface area (Å²) in [4.78, 5) is 26.0. The van der Waals surface area contributed by atoms with Crippen LogP contribution in [0.3, 0.4) is 0 Å². The molecule has 5 nitrogen and oxygen atoms in total. The normalized spacial score (nSPS) is 20.9. The number of carbonyl (C=O) groups is 2. The number of hydrogen-bond acceptors (Lipinski definition) is 3. The fourth-order valence-corrected chi connectivity index (χ4v) is 4.15. The SMILES string of the molecule is COC(=O)c1cc(NC(=O)N2CCCC2C2CCCCC2)c(F)cc1F. The van der Waals surface area contributed by atoms with Gasteiger partial charge in [0.15, 0.2) is 0 Å². The second kappa shape index (κ2) is 8.01. The van der Waals surface area contributed by atoms with Crippen LogP contribution in [-0.4, -0.2) is 36.6 Å². The number of nitrogens with zero attached hydrogens (tertiary/aromatic N) is 1. The maximum absolute atomic E-state index is 14.1. The molecule has 0 bridgehead atoms. The highest BCUT2D eigenvalue weighted by molar-refractivity contribution is 5.94. The van der Waals surface area contributed by atoms with Crippen molar-refractivity contribution in [3.63, 3.8) is 0 Å². The second-order valence-electron chi connectivity index (χ2n) is 7.03. The van der Waals surface area contributed by atoms with Crippen LogP contribution >= 0.6 is 0 Å². The first-order chi connectivity index (χ1) is 12.5. The minimum atomic E-state index is -1.02. The number of benzene rings is 1. The Hall–Kier alpha value is -2.18. The van der Waals surface area contributed by atoms with Gasteiger partial charge in [0.05, 0.1) is 18.4 Å². The van der Waals surface area contributed by atoms with E-state index in [1.54, 1.807) is 4.90 Å². The number of likely N-dealkylation sites (tertiary alicyclic amines) is 1. The number of urea groups is 1. The third kappa shape index (κ3) is 3.81. The molecule has 2 aliphatic rings. The number of anilines is 1. The number of rotatable bonds is 3. The topological polar surface area (TPSA) is 58.6 Å². The molecule has 1 heterocycles. The van der Waals surface area contributed by atoms with Crippen LogP contribution in [0, 0.1) is 17.6 Å². The van der Waals surface area contributed by atoms with E-state index in [9.17, 15) is 18.4 Å². The summed E-state index contributed by atoms with van der Waals surface area (Å²) in [5.41, 5.74) is -0.624. The number of esters is 1. The van der Waals surface area contributed by atoms with Crippen LogP contribution in [0.5, 0.6) is 0 Å². The third-order valence-electron chi connectivity index (χ3n) is 5.46. The summed E-state index contributed by atoms with van der Waals surface area (Å²) in [6.45, 7) is 0.625. The van der Waals surface area contributed by atoms with Gasteiger partial charge in [-0.25, -0.2) is 18.4 Å². The Morgan fingerprint density at radius 1 is 1.08 bits per heavy atom. The molecule has 1 saturated carbocycles. The van der Waals surface area contributed by atoms with Crippen LogP contribution in [0.15, 0.2) is 12.1 Å². The summed E-state index contributed by atoms with van der Waals surface area (Å²) in [7, 11) is 1.11. The predicted octanol–water partition coefficient (Wildman–Crippen LogP) is 4.33. The van der Waals surface area contributed by atoms with E-state index in [0.29, 0.717) is 18.5 Å². The van der Waals surface area contributed by atoms with Crippen LogP contribution in [0.1, 0.15) is 55.3 Å². The highest BCUT2D eigenvalue weighted by Gasteiger charge is 2.35. The smallest absolute Gasteiger partial charge is 0.340 e. The summed E-state index contributed by atoms with van der Waals surface area (Å²) in [6, 6.07) is 1.34. The monoisotopic (exact) mass is 366 g/mol. The quantitative estimate of drug-likeness (QED) is 0.810. The lowest BCUT2D eigenvalue weighted by molar-refractivity contribution is 0.0595. The molecule has 1 atom stereocenters. The molecular formula is C19H24F2N2O3. The van der Waals surface area contributed by atoms with Gasteiger partial charge in [-0.15, -0.1) is 0 Å². The molecule has 3 rings (SSSR count). The molecule has 0 radical (unpaired) electrons. The number of nitrogens with one attached hydrogen (secondary N) is 1. The van der Waals surface area contributed by atoms with Crippen molar-refractivity contribution in [2.75, 3.05) is 19.0 Å². The number of carbonyl (C=O) groups excluding carboxylic acids is 2. The average Bonchev–Trinajstić information content (AvgIpc) is 3.14. The van der Waals surface area contributed by atoms with Crippen molar-refractivity contribution in [3.8, 4) is 0 Å². The van der Waals surface area contributed by atoms with Crippen LogP contribution < -0.4 is 5.32 Å². The molecule has 1 aromatic rings. The Balaban J connectivity index is 1.75. The van der Waals surface area contributed by atoms with Gasteiger partial charge in [0.1, 0.15) is 11.6 Å². The number of ether oxygens (including phenoxy) is 1. The molecule has 0 spiro atoms. The fraction of sp³-hybridized carbons (Fsp3) is 0.579. The minimum Gasteiger partial charge on any atom is -0.465 e. The third-order valence-corrected chi connectivity index (χ3v) is 5.46. The van der Waals surface area contributed by atoms with Gasteiger partial charge in [0.25, 0.3) is 0 Å². The zero-order valence-electron chi connectivity index (χ0n) is 14.9. The first-order valence-corrected chi connectivity index (χ1v) is 9.16. The van der Waals surface area contributed by atoms with Gasteiger partial charge in [-0.2, -0.15) is 0 Å². The molecule has 2 amide bonds. The zero-order valence-corrected chi connectivity index (χ0v) is 14.9. The summed E-state index contributed by atoms with van der Waals surface area (Å²) in [5.74, 6) is -2.37. The van der Waals surface area contributed by atoms with Crippen molar-refractivity contribution in [2.24, 2.45) is 5.92 Å². The van der Waals surface area contributed by atoms with Crippen LogP contribution in [0.25, 0.3) is 0 Å². The van der Waals surface area contributed by atoms with Crippen molar-refractivity contribution >= 4 is 17.7 Å². The van der Waals surface area contributed by atoms with E-state index < -0.39 is 29.2 Å². The number of hydrogen-bond donors (Lipinski definition) is 1. The molecule has 7 heteroatoms. The second-order valence-corrected chi connectivity index (χ2v) is 7.03. The van der Waals surface area contributed by atoms with Crippen molar-refractivity contribution < 1.29 is 23.1 Å². The van der Waals surface area contributed by atoms with E-state index in [2.05, 4.69) is 10.1 Å². The van der Waals surface area contributed by atoms with Gasteiger partial charge in [0.2, 0.25) is 0 Å². The van der Waals surface area contributed by atoms with E-state index in [-0.39, 0.29) is 11.7 Å². The van der Waals surface area contributed by atoms with E-state index in [1.807, 2.05) is 0 Å². The Morgan fingerprint density at radius 3 is 2.50 bits per heavy atom. The number of methoxy groups -OCH3 is 1. The highest BCUT2D eigenvalue weighted by atomic mass is 19.1. The summed E-state index contributed by atoms with van der Waals surface area (Å²) in [5, 5.41) is 2.51. The molecule has 1 unspecified atom stereocenters. The molecular weight excluding hydrogens is 342 g/mol. The summed E-state index contributed by atoms with van der Waals surface area (Å²) >= 11 is 0. The lowest BCUT2D eigenvalue weighted by Gasteiger charge is -2.34. The van der Waals surface area contributed by atoms with E-state index in [4.69, 9.17) is 0 Å². The van der Waals surface area contributed by atoms with Crippen LogP contribution in [-0.2, 0) is 4.74 Å². The summed E-state index contributed by atoms with van der Waals surface area (Å²) in [6.07, 6.45) is 7.73. The van der Waals surface area contributed by atoms with Crippen LogP contribution in [0.4, 0.5) is 19.3 Å². The van der Waals surface area contributed by atoms with E-state index >= 15 is 0 Å². The van der Waals surface area contributed by atoms with Crippen molar-refractivity contribution in [1.82, 2.24) is 4.90 Å². The van der Waals surface area contributed by atoms with Crippen molar-refractivity contribution in [2.45, 2.75) is 51.0 Å². The first kappa shape index (κ1) is 18.6. The standard InChI is InChI=1S/C19H24F2N2O3/c1-26-18(24)13-10-16(15(21)11-14(13)20)22-19(25)23-9-5-8-17(23)12-6-3-2-4-7-12/h10-12,17H,2-9H2,1H3,(H,22,25). The lowest BCUT2D eigenvalue weighted by Crippen LogP contribution is -2.43. The molecule has 1 aromatic carbocycles. The lowest BCUT2D eigenvalue weighted by atomic mass is 9.83. The molecule has 1 saturated heterocycles. The molecule has 1 aliphatic carbocycles. The van der Waals surface area contributed by atoms with Gasteiger partial charge in [-0.05, 0) is 37.7 Å². The Kier molecular flexibility index (Phi) is 5.74. The molecule has 2 fully saturated rings. The van der Waals surface area contributed by atoms with Crippen LogP contribution in [0.2, 0.25) is 0 Å². The van der Waals surface area contributed by atoms with Gasteiger partial charge in [-0.3, -0.25) is 0 Å². The van der Waals surface area contributed by atoms with E-state index in [1.165, 1.54) is 19.3 Å². The average molecular weight is 366 g/mol. The summed E-state index contributed by atoms with van der Waals surface area (Å²) < 4.78 is 32.3. The Bertz CT molecular complexity index is 690. The number of halogens is 2. The Morgan fingerprint density at radius 2 is 1.81 bits per heavy atom. The van der Waals surface area contributed by atoms with Crippen molar-refractivity contribution in [3.05, 3.63) is 29.3 Å². The zero-order chi connectivity index (χ0) is 18.7. The molecule has 1 aliphatic heterocycles. The van der Waals surface area contributed by atoms with Gasteiger partial charge >= 0.3 is 12.0 Å². The van der Waals surface area contributed by atoms with Gasteiger partial charge < -0.3 is 15.0 Å².